The normalized spacial score (nSPS) is 15.3. The molecule has 0 radical (unpaired) electrons. The Kier molecular flexibility index (Phi) is 5.62. The molecule has 1 heterocycles. The third kappa shape index (κ3) is 4.37. The Bertz CT molecular complexity index is 660. The van der Waals surface area contributed by atoms with Crippen LogP contribution in [0.2, 0.25) is 0 Å². The predicted molar refractivity (Wildman–Crippen MR) is 81.2 cm³/mol. The van der Waals surface area contributed by atoms with Crippen molar-refractivity contribution in [2.45, 2.75) is 32.3 Å². The number of nitrogens with zero attached hydrogens (tertiary/aromatic N) is 1. The number of carbonyl (C=O) groups is 4. The van der Waals surface area contributed by atoms with Crippen molar-refractivity contribution in [2.24, 2.45) is 0 Å². The molecule has 1 aliphatic rings. The number of benzene rings is 1. The van der Waals surface area contributed by atoms with E-state index >= 15 is 0 Å². The molecule has 0 spiro atoms. The number of esters is 1. The van der Waals surface area contributed by atoms with Gasteiger partial charge in [0.25, 0.3) is 5.91 Å². The highest BCUT2D eigenvalue weighted by Crippen LogP contribution is 2.14. The molecular formula is C16H17FN2O5. The van der Waals surface area contributed by atoms with Crippen LogP contribution < -0.4 is 5.32 Å². The van der Waals surface area contributed by atoms with Gasteiger partial charge in [0.2, 0.25) is 11.8 Å². The van der Waals surface area contributed by atoms with Gasteiger partial charge in [-0.05, 0) is 19.1 Å². The fourth-order valence-corrected chi connectivity index (χ4v) is 2.18. The van der Waals surface area contributed by atoms with Crippen molar-refractivity contribution >= 4 is 29.4 Å². The Hall–Kier alpha value is -2.77. The molecular weight excluding hydrogens is 319 g/mol. The molecule has 1 aromatic rings. The number of imide groups is 1. The van der Waals surface area contributed by atoms with E-state index in [0.29, 0.717) is 0 Å². The molecule has 1 aliphatic heterocycles. The molecule has 1 atom stereocenters. The summed E-state index contributed by atoms with van der Waals surface area (Å²) in [6.45, 7) is 1.28. The summed E-state index contributed by atoms with van der Waals surface area (Å²) >= 11 is 0. The number of hydrogen-bond acceptors (Lipinski definition) is 5. The van der Waals surface area contributed by atoms with Crippen molar-refractivity contribution in [3.8, 4) is 0 Å². The zero-order chi connectivity index (χ0) is 17.7. The molecule has 0 aliphatic carbocycles. The first-order valence-corrected chi connectivity index (χ1v) is 7.46. The molecule has 1 saturated heterocycles. The topological polar surface area (TPSA) is 92.8 Å². The maximum atomic E-state index is 13.5. The van der Waals surface area contributed by atoms with E-state index in [0.717, 1.165) is 4.90 Å². The number of anilines is 1. The molecule has 1 N–H and O–H groups in total. The second-order valence-corrected chi connectivity index (χ2v) is 5.29. The Morgan fingerprint density at radius 2 is 1.88 bits per heavy atom. The monoisotopic (exact) mass is 336 g/mol. The van der Waals surface area contributed by atoms with E-state index in [4.69, 9.17) is 4.74 Å². The number of para-hydroxylation sites is 1. The van der Waals surface area contributed by atoms with E-state index in [1.807, 2.05) is 0 Å². The van der Waals surface area contributed by atoms with Crippen LogP contribution >= 0.6 is 0 Å². The lowest BCUT2D eigenvalue weighted by atomic mass is 10.3. The minimum absolute atomic E-state index is 0.0151. The van der Waals surface area contributed by atoms with E-state index < -0.39 is 23.8 Å². The third-order valence-corrected chi connectivity index (χ3v) is 3.50. The Labute approximate surface area is 137 Å². The summed E-state index contributed by atoms with van der Waals surface area (Å²) < 4.78 is 18.4. The SMILES string of the molecule is C[C@@H](OC(=O)CCN1C(=O)CCC1=O)C(=O)Nc1ccccc1F. The van der Waals surface area contributed by atoms with Crippen LogP contribution in [0.15, 0.2) is 24.3 Å². The second-order valence-electron chi connectivity index (χ2n) is 5.29. The summed E-state index contributed by atoms with van der Waals surface area (Å²) in [5.41, 5.74) is -0.0151. The van der Waals surface area contributed by atoms with Crippen molar-refractivity contribution in [2.75, 3.05) is 11.9 Å². The number of hydrogen-bond donors (Lipinski definition) is 1. The van der Waals surface area contributed by atoms with Gasteiger partial charge < -0.3 is 10.1 Å². The first kappa shape index (κ1) is 17.6. The Balaban J connectivity index is 1.80. The minimum Gasteiger partial charge on any atom is -0.452 e. The summed E-state index contributed by atoms with van der Waals surface area (Å²) in [7, 11) is 0. The lowest BCUT2D eigenvalue weighted by Gasteiger charge is -2.16. The third-order valence-electron chi connectivity index (χ3n) is 3.50. The van der Waals surface area contributed by atoms with Gasteiger partial charge in [0.15, 0.2) is 6.10 Å². The Morgan fingerprint density at radius 1 is 1.25 bits per heavy atom. The zero-order valence-corrected chi connectivity index (χ0v) is 13.1. The van der Waals surface area contributed by atoms with Gasteiger partial charge in [-0.1, -0.05) is 12.1 Å². The highest BCUT2D eigenvalue weighted by Gasteiger charge is 2.29. The molecule has 1 fully saturated rings. The van der Waals surface area contributed by atoms with Crippen molar-refractivity contribution < 1.29 is 28.3 Å². The zero-order valence-electron chi connectivity index (χ0n) is 13.1. The maximum Gasteiger partial charge on any atom is 0.308 e. The summed E-state index contributed by atoms with van der Waals surface area (Å²) in [5, 5.41) is 2.32. The molecule has 3 amide bonds. The van der Waals surface area contributed by atoms with Gasteiger partial charge in [0.1, 0.15) is 5.82 Å². The first-order valence-electron chi connectivity index (χ1n) is 7.46. The number of carbonyl (C=O) groups excluding carboxylic acids is 4. The maximum absolute atomic E-state index is 13.5. The lowest BCUT2D eigenvalue weighted by molar-refractivity contribution is -0.154. The van der Waals surface area contributed by atoms with Crippen LogP contribution in [0.5, 0.6) is 0 Å². The molecule has 0 saturated carbocycles. The molecule has 8 heteroatoms. The molecule has 1 aromatic carbocycles. The van der Waals surface area contributed by atoms with Crippen LogP contribution in [0.3, 0.4) is 0 Å². The lowest BCUT2D eigenvalue weighted by Crippen LogP contribution is -2.34. The van der Waals surface area contributed by atoms with Gasteiger partial charge in [0, 0.05) is 19.4 Å². The molecule has 128 valence electrons. The summed E-state index contributed by atoms with van der Waals surface area (Å²) in [6, 6.07) is 5.61. The van der Waals surface area contributed by atoms with E-state index in [1.54, 1.807) is 6.07 Å². The van der Waals surface area contributed by atoms with Gasteiger partial charge in [0.05, 0.1) is 12.1 Å². The van der Waals surface area contributed by atoms with Gasteiger partial charge in [-0.2, -0.15) is 0 Å². The molecule has 7 nitrogen and oxygen atoms in total. The fourth-order valence-electron chi connectivity index (χ4n) is 2.18. The van der Waals surface area contributed by atoms with E-state index in [-0.39, 0.29) is 43.3 Å². The second kappa shape index (κ2) is 7.67. The number of nitrogens with one attached hydrogen (secondary N) is 1. The Morgan fingerprint density at radius 3 is 2.50 bits per heavy atom. The number of rotatable bonds is 6. The molecule has 24 heavy (non-hydrogen) atoms. The molecule has 0 aromatic heterocycles. The van der Waals surface area contributed by atoms with Crippen molar-refractivity contribution in [1.82, 2.24) is 4.90 Å². The number of halogens is 1. The summed E-state index contributed by atoms with van der Waals surface area (Å²) in [5.74, 6) is -2.65. The van der Waals surface area contributed by atoms with Crippen LogP contribution in [-0.4, -0.2) is 41.2 Å². The van der Waals surface area contributed by atoms with E-state index in [1.165, 1.54) is 25.1 Å². The highest BCUT2D eigenvalue weighted by molar-refractivity contribution is 6.02. The smallest absolute Gasteiger partial charge is 0.308 e. The van der Waals surface area contributed by atoms with Gasteiger partial charge >= 0.3 is 5.97 Å². The van der Waals surface area contributed by atoms with Crippen LogP contribution in [0.4, 0.5) is 10.1 Å². The van der Waals surface area contributed by atoms with Crippen molar-refractivity contribution in [1.29, 1.82) is 0 Å². The van der Waals surface area contributed by atoms with Crippen molar-refractivity contribution in [3.63, 3.8) is 0 Å². The van der Waals surface area contributed by atoms with Crippen molar-refractivity contribution in [3.05, 3.63) is 30.1 Å². The van der Waals surface area contributed by atoms with Gasteiger partial charge in [-0.25, -0.2) is 4.39 Å². The first-order chi connectivity index (χ1) is 11.4. The minimum atomic E-state index is -1.14. The highest BCUT2D eigenvalue weighted by atomic mass is 19.1. The predicted octanol–water partition coefficient (Wildman–Crippen LogP) is 1.23. The van der Waals surface area contributed by atoms with Gasteiger partial charge in [-0.15, -0.1) is 0 Å². The van der Waals surface area contributed by atoms with Gasteiger partial charge in [-0.3, -0.25) is 24.1 Å². The van der Waals surface area contributed by atoms with E-state index in [2.05, 4.69) is 5.32 Å². The van der Waals surface area contributed by atoms with Crippen LogP contribution in [0.25, 0.3) is 0 Å². The van der Waals surface area contributed by atoms with Crippen LogP contribution in [-0.2, 0) is 23.9 Å². The number of amides is 3. The number of likely N-dealkylation sites (tertiary alicyclic amines) is 1. The number of ether oxygens (including phenoxy) is 1. The average Bonchev–Trinajstić information content (AvgIpc) is 2.86. The summed E-state index contributed by atoms with van der Waals surface area (Å²) in [6.07, 6.45) is -1.04. The molecule has 0 unspecified atom stereocenters. The quantitative estimate of drug-likeness (QED) is 0.623. The van der Waals surface area contributed by atoms with Crippen LogP contribution in [0, 0.1) is 5.82 Å². The average molecular weight is 336 g/mol. The summed E-state index contributed by atoms with van der Waals surface area (Å²) in [4.78, 5) is 47.5. The largest absolute Gasteiger partial charge is 0.452 e. The molecule has 0 bridgehead atoms. The molecule has 2 rings (SSSR count). The van der Waals surface area contributed by atoms with Crippen LogP contribution in [0.1, 0.15) is 26.2 Å². The van der Waals surface area contributed by atoms with E-state index in [9.17, 15) is 23.6 Å². The fraction of sp³-hybridized carbons (Fsp3) is 0.375. The standard InChI is InChI=1S/C16H17FN2O5/c1-10(16(23)18-12-5-3-2-4-11(12)17)24-15(22)8-9-19-13(20)6-7-14(19)21/h2-5,10H,6-9H2,1H3,(H,18,23)/t10-/m1/s1.